The van der Waals surface area contributed by atoms with Crippen molar-refractivity contribution in [1.29, 1.82) is 0 Å². The summed E-state index contributed by atoms with van der Waals surface area (Å²) >= 11 is 7.57. The van der Waals surface area contributed by atoms with Gasteiger partial charge in [0.2, 0.25) is 0 Å². The lowest BCUT2D eigenvalue weighted by molar-refractivity contribution is 0.00261. The molecule has 3 saturated heterocycles. The maximum atomic E-state index is 6.35. The Morgan fingerprint density at radius 1 is 1.31 bits per heavy atom. The SMILES string of the molecule is NC(c1ccc(Cl)s1)C1CN2CCN1CC2. The zero-order chi connectivity index (χ0) is 11.1. The molecule has 1 aromatic rings. The van der Waals surface area contributed by atoms with Gasteiger partial charge in [-0.15, -0.1) is 11.3 Å². The van der Waals surface area contributed by atoms with E-state index in [0.717, 1.165) is 24.0 Å². The summed E-state index contributed by atoms with van der Waals surface area (Å²) in [6.45, 7) is 5.84. The first-order valence-electron chi connectivity index (χ1n) is 5.71. The van der Waals surface area contributed by atoms with Gasteiger partial charge in [0, 0.05) is 43.6 Å². The van der Waals surface area contributed by atoms with Gasteiger partial charge in [-0.05, 0) is 12.1 Å². The first kappa shape index (κ1) is 11.0. The van der Waals surface area contributed by atoms with Crippen molar-refractivity contribution in [3.05, 3.63) is 21.3 Å². The smallest absolute Gasteiger partial charge is 0.0931 e. The number of nitrogens with zero attached hydrogens (tertiary/aromatic N) is 2. The van der Waals surface area contributed by atoms with Crippen LogP contribution in [0.5, 0.6) is 0 Å². The fourth-order valence-electron chi connectivity index (χ4n) is 2.70. The van der Waals surface area contributed by atoms with E-state index in [2.05, 4.69) is 15.9 Å². The summed E-state index contributed by atoms with van der Waals surface area (Å²) in [5, 5.41) is 0. The van der Waals surface area contributed by atoms with Crippen LogP contribution in [-0.2, 0) is 0 Å². The molecule has 2 N–H and O–H groups in total. The largest absolute Gasteiger partial charge is 0.322 e. The number of fused-ring (bicyclic) bond motifs is 3. The number of hydrogen-bond acceptors (Lipinski definition) is 4. The molecular formula is C11H16ClN3S. The summed E-state index contributed by atoms with van der Waals surface area (Å²) < 4.78 is 0.835. The van der Waals surface area contributed by atoms with E-state index in [9.17, 15) is 0 Å². The van der Waals surface area contributed by atoms with Gasteiger partial charge in [-0.3, -0.25) is 9.80 Å². The van der Waals surface area contributed by atoms with Gasteiger partial charge in [-0.2, -0.15) is 0 Å². The molecule has 0 aliphatic carbocycles. The fourth-order valence-corrected chi connectivity index (χ4v) is 3.82. The van der Waals surface area contributed by atoms with Crippen LogP contribution in [0.15, 0.2) is 12.1 Å². The average Bonchev–Trinajstić information content (AvgIpc) is 2.76. The Hall–Kier alpha value is -0.130. The zero-order valence-corrected chi connectivity index (χ0v) is 10.7. The molecular weight excluding hydrogens is 242 g/mol. The van der Waals surface area contributed by atoms with E-state index in [1.54, 1.807) is 11.3 Å². The minimum Gasteiger partial charge on any atom is -0.322 e. The number of piperazine rings is 3. The van der Waals surface area contributed by atoms with Crippen molar-refractivity contribution in [3.8, 4) is 0 Å². The molecule has 1 aromatic heterocycles. The van der Waals surface area contributed by atoms with Crippen LogP contribution >= 0.6 is 22.9 Å². The van der Waals surface area contributed by atoms with Crippen LogP contribution in [0.4, 0.5) is 0 Å². The lowest BCUT2D eigenvalue weighted by Gasteiger charge is -2.49. The van der Waals surface area contributed by atoms with Crippen molar-refractivity contribution < 1.29 is 0 Å². The van der Waals surface area contributed by atoms with Gasteiger partial charge in [0.1, 0.15) is 0 Å². The Kier molecular flexibility index (Phi) is 2.94. The lowest BCUT2D eigenvalue weighted by atomic mass is 10.00. The van der Waals surface area contributed by atoms with Crippen molar-refractivity contribution in [3.63, 3.8) is 0 Å². The van der Waals surface area contributed by atoms with Crippen molar-refractivity contribution in [2.45, 2.75) is 12.1 Å². The molecule has 3 aliphatic rings. The molecule has 2 bridgehead atoms. The number of hydrogen-bond donors (Lipinski definition) is 1. The minimum atomic E-state index is 0.112. The molecule has 0 amide bonds. The second kappa shape index (κ2) is 4.27. The van der Waals surface area contributed by atoms with E-state index < -0.39 is 0 Å². The maximum Gasteiger partial charge on any atom is 0.0931 e. The summed E-state index contributed by atoms with van der Waals surface area (Å²) in [7, 11) is 0. The predicted molar refractivity (Wildman–Crippen MR) is 68.1 cm³/mol. The van der Waals surface area contributed by atoms with Crippen molar-refractivity contribution in [1.82, 2.24) is 9.80 Å². The normalized spacial score (nSPS) is 35.2. The summed E-state index contributed by atoms with van der Waals surface area (Å²) in [5.74, 6) is 0. The second-order valence-corrected chi connectivity index (χ2v) is 6.32. The van der Waals surface area contributed by atoms with Crippen LogP contribution in [0.25, 0.3) is 0 Å². The lowest BCUT2D eigenvalue weighted by Crippen LogP contribution is -2.63. The third-order valence-corrected chi connectivity index (χ3v) is 4.99. The van der Waals surface area contributed by atoms with Crippen LogP contribution in [0.3, 0.4) is 0 Å². The molecule has 4 heterocycles. The third-order valence-electron chi connectivity index (χ3n) is 3.66. The van der Waals surface area contributed by atoms with Crippen LogP contribution in [0, 0.1) is 0 Å². The Morgan fingerprint density at radius 2 is 2.06 bits per heavy atom. The van der Waals surface area contributed by atoms with Gasteiger partial charge in [0.15, 0.2) is 0 Å². The Labute approximate surface area is 105 Å². The topological polar surface area (TPSA) is 32.5 Å². The highest BCUT2D eigenvalue weighted by atomic mass is 35.5. The molecule has 4 rings (SSSR count). The Bertz CT molecular complexity index is 373. The summed E-state index contributed by atoms with van der Waals surface area (Å²) in [6, 6.07) is 4.59. The zero-order valence-electron chi connectivity index (χ0n) is 9.10. The molecule has 3 fully saturated rings. The van der Waals surface area contributed by atoms with Gasteiger partial charge in [-0.1, -0.05) is 11.6 Å². The molecule has 2 atom stereocenters. The standard InChI is InChI=1S/C11H16ClN3S/c12-10-2-1-9(16-10)11(13)8-7-14-3-5-15(8)6-4-14/h1-2,8,11H,3-7,13H2. The molecule has 3 aliphatic heterocycles. The molecule has 0 aromatic carbocycles. The van der Waals surface area contributed by atoms with E-state index >= 15 is 0 Å². The Balaban J connectivity index is 1.77. The highest BCUT2D eigenvalue weighted by Gasteiger charge is 2.36. The van der Waals surface area contributed by atoms with Gasteiger partial charge < -0.3 is 5.73 Å². The molecule has 5 heteroatoms. The first-order chi connectivity index (χ1) is 7.74. The molecule has 2 unspecified atom stereocenters. The second-order valence-electron chi connectivity index (χ2n) is 4.57. The highest BCUT2D eigenvalue weighted by molar-refractivity contribution is 7.16. The van der Waals surface area contributed by atoms with E-state index in [4.69, 9.17) is 17.3 Å². The monoisotopic (exact) mass is 257 g/mol. The molecule has 16 heavy (non-hydrogen) atoms. The molecule has 0 radical (unpaired) electrons. The van der Waals surface area contributed by atoms with Gasteiger partial charge in [0.05, 0.1) is 10.4 Å². The van der Waals surface area contributed by atoms with Crippen molar-refractivity contribution >= 4 is 22.9 Å². The number of nitrogens with two attached hydrogens (primary N) is 1. The van der Waals surface area contributed by atoms with Gasteiger partial charge >= 0.3 is 0 Å². The summed E-state index contributed by atoms with van der Waals surface area (Å²) in [4.78, 5) is 6.25. The highest BCUT2D eigenvalue weighted by Crippen LogP contribution is 2.31. The van der Waals surface area contributed by atoms with Crippen LogP contribution in [0.2, 0.25) is 4.34 Å². The maximum absolute atomic E-state index is 6.35. The number of thiophene rings is 1. The Morgan fingerprint density at radius 3 is 2.56 bits per heavy atom. The quantitative estimate of drug-likeness (QED) is 0.870. The number of halogens is 1. The first-order valence-corrected chi connectivity index (χ1v) is 6.91. The van der Waals surface area contributed by atoms with E-state index in [1.807, 2.05) is 6.07 Å². The van der Waals surface area contributed by atoms with E-state index in [0.29, 0.717) is 6.04 Å². The van der Waals surface area contributed by atoms with Crippen LogP contribution in [-0.4, -0.2) is 48.6 Å². The third kappa shape index (κ3) is 1.89. The van der Waals surface area contributed by atoms with Crippen LogP contribution in [0.1, 0.15) is 10.9 Å². The molecule has 0 spiro atoms. The predicted octanol–water partition coefficient (Wildman–Crippen LogP) is 1.40. The van der Waals surface area contributed by atoms with Crippen molar-refractivity contribution in [2.75, 3.05) is 32.7 Å². The summed E-state index contributed by atoms with van der Waals surface area (Å²) in [6.07, 6.45) is 0. The molecule has 0 saturated carbocycles. The molecule has 3 nitrogen and oxygen atoms in total. The average molecular weight is 258 g/mol. The van der Waals surface area contributed by atoms with E-state index in [-0.39, 0.29) is 6.04 Å². The van der Waals surface area contributed by atoms with E-state index in [1.165, 1.54) is 18.0 Å². The fraction of sp³-hybridized carbons (Fsp3) is 0.636. The van der Waals surface area contributed by atoms with Crippen molar-refractivity contribution in [2.24, 2.45) is 5.73 Å². The number of rotatable bonds is 2. The molecule has 88 valence electrons. The minimum absolute atomic E-state index is 0.112. The van der Waals surface area contributed by atoms with Gasteiger partial charge in [-0.25, -0.2) is 0 Å². The van der Waals surface area contributed by atoms with Gasteiger partial charge in [0.25, 0.3) is 0 Å². The summed E-state index contributed by atoms with van der Waals surface area (Å²) in [5.41, 5.74) is 6.35. The van der Waals surface area contributed by atoms with Crippen LogP contribution < -0.4 is 5.73 Å².